The maximum atomic E-state index is 13.3. The molecule has 1 aromatic heterocycles. The third-order valence-electron chi connectivity index (χ3n) is 3.93. The average molecular weight is 334 g/mol. The van der Waals surface area contributed by atoms with Gasteiger partial charge in [-0.2, -0.15) is 0 Å². The van der Waals surface area contributed by atoms with Crippen molar-refractivity contribution in [2.75, 3.05) is 31.1 Å². The second-order valence-corrected chi connectivity index (χ2v) is 5.87. The number of halogens is 2. The molecular weight excluding hydrogens is 317 g/mol. The van der Waals surface area contributed by atoms with Crippen molar-refractivity contribution in [2.24, 2.45) is 0 Å². The molecule has 0 radical (unpaired) electrons. The highest BCUT2D eigenvalue weighted by atomic mass is 35.5. The summed E-state index contributed by atoms with van der Waals surface area (Å²) in [4.78, 5) is 20.5. The fourth-order valence-electron chi connectivity index (χ4n) is 2.77. The summed E-state index contributed by atoms with van der Waals surface area (Å²) in [6.45, 7) is 2.80. The molecule has 1 aromatic carbocycles. The lowest BCUT2D eigenvalue weighted by Gasteiger charge is -2.23. The van der Waals surface area contributed by atoms with Crippen LogP contribution in [0.5, 0.6) is 0 Å². The van der Waals surface area contributed by atoms with Gasteiger partial charge in [-0.05, 0) is 36.8 Å². The van der Waals surface area contributed by atoms with Gasteiger partial charge < -0.3 is 9.80 Å². The van der Waals surface area contributed by atoms with Gasteiger partial charge in [0.25, 0.3) is 5.91 Å². The Hall–Kier alpha value is -2.14. The molecule has 3 rings (SSSR count). The summed E-state index contributed by atoms with van der Waals surface area (Å²) in [6, 6.07) is 9.58. The molecule has 1 saturated heterocycles. The zero-order chi connectivity index (χ0) is 16.2. The first-order valence-electron chi connectivity index (χ1n) is 7.55. The van der Waals surface area contributed by atoms with Crippen molar-refractivity contribution in [1.29, 1.82) is 0 Å². The van der Waals surface area contributed by atoms with Gasteiger partial charge in [-0.25, -0.2) is 9.37 Å². The van der Waals surface area contributed by atoms with Gasteiger partial charge >= 0.3 is 0 Å². The van der Waals surface area contributed by atoms with Crippen LogP contribution < -0.4 is 4.90 Å². The van der Waals surface area contributed by atoms with E-state index in [9.17, 15) is 9.18 Å². The molecule has 2 heterocycles. The number of carbonyl (C=O) groups excluding carboxylic acids is 1. The van der Waals surface area contributed by atoms with Crippen LogP contribution in [0.4, 0.5) is 10.1 Å². The lowest BCUT2D eigenvalue weighted by Crippen LogP contribution is -2.35. The van der Waals surface area contributed by atoms with Crippen LogP contribution in [0, 0.1) is 5.82 Å². The maximum Gasteiger partial charge on any atom is 0.254 e. The summed E-state index contributed by atoms with van der Waals surface area (Å²) in [7, 11) is 0. The number of nitrogens with zero attached hydrogens (tertiary/aromatic N) is 3. The number of amides is 1. The number of benzene rings is 1. The second kappa shape index (κ2) is 6.96. The number of anilines is 1. The van der Waals surface area contributed by atoms with E-state index < -0.39 is 5.82 Å². The molecule has 1 fully saturated rings. The van der Waals surface area contributed by atoms with Crippen molar-refractivity contribution in [3.8, 4) is 0 Å². The fraction of sp³-hybridized carbons (Fsp3) is 0.294. The first-order valence-corrected chi connectivity index (χ1v) is 7.92. The first kappa shape index (κ1) is 15.7. The van der Waals surface area contributed by atoms with Crippen molar-refractivity contribution in [1.82, 2.24) is 9.88 Å². The number of aromatic nitrogens is 1. The molecule has 23 heavy (non-hydrogen) atoms. The lowest BCUT2D eigenvalue weighted by molar-refractivity contribution is 0.0766. The molecule has 4 nitrogen and oxygen atoms in total. The van der Waals surface area contributed by atoms with Crippen molar-refractivity contribution < 1.29 is 9.18 Å². The van der Waals surface area contributed by atoms with Crippen molar-refractivity contribution in [2.45, 2.75) is 6.42 Å². The van der Waals surface area contributed by atoms with E-state index >= 15 is 0 Å². The summed E-state index contributed by atoms with van der Waals surface area (Å²) in [6.07, 6.45) is 2.53. The van der Waals surface area contributed by atoms with Crippen LogP contribution in [0.25, 0.3) is 0 Å². The molecule has 6 heteroatoms. The number of hydrogen-bond donors (Lipinski definition) is 0. The molecule has 0 saturated carbocycles. The van der Waals surface area contributed by atoms with Crippen LogP contribution in [-0.4, -0.2) is 42.0 Å². The van der Waals surface area contributed by atoms with Gasteiger partial charge in [0.2, 0.25) is 0 Å². The molecule has 120 valence electrons. The minimum Gasteiger partial charge on any atom is -0.370 e. The summed E-state index contributed by atoms with van der Waals surface area (Å²) in [5.41, 5.74) is 1.40. The highest BCUT2D eigenvalue weighted by molar-refractivity contribution is 6.29. The van der Waals surface area contributed by atoms with Gasteiger partial charge in [-0.1, -0.05) is 17.7 Å². The monoisotopic (exact) mass is 333 g/mol. The van der Waals surface area contributed by atoms with Crippen LogP contribution in [0.15, 0.2) is 42.6 Å². The van der Waals surface area contributed by atoms with Gasteiger partial charge in [0.05, 0.1) is 0 Å². The predicted molar refractivity (Wildman–Crippen MR) is 88.4 cm³/mol. The van der Waals surface area contributed by atoms with Crippen LogP contribution in [0.1, 0.15) is 16.8 Å². The lowest BCUT2D eigenvalue weighted by atomic mass is 10.2. The number of rotatable bonds is 2. The second-order valence-electron chi connectivity index (χ2n) is 5.48. The minimum absolute atomic E-state index is 0.126. The predicted octanol–water partition coefficient (Wildman–Crippen LogP) is 3.23. The Morgan fingerprint density at radius 1 is 1.13 bits per heavy atom. The van der Waals surface area contributed by atoms with Gasteiger partial charge in [-0.15, -0.1) is 0 Å². The van der Waals surface area contributed by atoms with Crippen molar-refractivity contribution >= 4 is 23.2 Å². The quantitative estimate of drug-likeness (QED) is 0.792. The Bertz CT molecular complexity index is 710. The summed E-state index contributed by atoms with van der Waals surface area (Å²) in [5.74, 6) is -0.516. The smallest absolute Gasteiger partial charge is 0.254 e. The van der Waals surface area contributed by atoms with Gasteiger partial charge in [-0.3, -0.25) is 4.79 Å². The van der Waals surface area contributed by atoms with E-state index in [-0.39, 0.29) is 5.91 Å². The zero-order valence-electron chi connectivity index (χ0n) is 12.6. The fourth-order valence-corrected chi connectivity index (χ4v) is 2.94. The van der Waals surface area contributed by atoms with Gasteiger partial charge in [0.15, 0.2) is 0 Å². The minimum atomic E-state index is -0.390. The van der Waals surface area contributed by atoms with Crippen LogP contribution in [0.3, 0.4) is 0 Å². The van der Waals surface area contributed by atoms with E-state index in [0.717, 1.165) is 18.7 Å². The summed E-state index contributed by atoms with van der Waals surface area (Å²) < 4.78 is 13.3. The van der Waals surface area contributed by atoms with Gasteiger partial charge in [0, 0.05) is 43.6 Å². The third kappa shape index (κ3) is 3.79. The highest BCUT2D eigenvalue weighted by Gasteiger charge is 2.20. The Labute approximate surface area is 139 Å². The Morgan fingerprint density at radius 2 is 2.00 bits per heavy atom. The van der Waals surface area contributed by atoms with E-state index in [1.807, 2.05) is 12.1 Å². The highest BCUT2D eigenvalue weighted by Crippen LogP contribution is 2.19. The molecule has 1 aliphatic heterocycles. The number of hydrogen-bond acceptors (Lipinski definition) is 3. The third-order valence-corrected chi connectivity index (χ3v) is 4.14. The van der Waals surface area contributed by atoms with Crippen molar-refractivity contribution in [3.05, 3.63) is 59.1 Å². The molecule has 0 unspecified atom stereocenters. The normalized spacial score (nSPS) is 15.4. The van der Waals surface area contributed by atoms with Crippen LogP contribution in [0.2, 0.25) is 5.15 Å². The Balaban J connectivity index is 1.70. The van der Waals surface area contributed by atoms with E-state index in [4.69, 9.17) is 11.6 Å². The Morgan fingerprint density at radius 3 is 2.78 bits per heavy atom. The molecule has 0 spiro atoms. The molecule has 1 aliphatic rings. The van der Waals surface area contributed by atoms with Crippen LogP contribution >= 0.6 is 11.6 Å². The van der Waals surface area contributed by atoms with Gasteiger partial charge in [0.1, 0.15) is 11.0 Å². The largest absolute Gasteiger partial charge is 0.370 e. The Kier molecular flexibility index (Phi) is 4.76. The maximum absolute atomic E-state index is 13.3. The van der Waals surface area contributed by atoms with Crippen molar-refractivity contribution in [3.63, 3.8) is 0 Å². The standard InChI is InChI=1S/C17H17ClFN3O/c18-16-12-15(5-6-20-16)21-7-2-8-22(10-9-21)17(23)13-3-1-4-14(19)11-13/h1,3-6,11-12H,2,7-10H2. The molecule has 0 bridgehead atoms. The first-order chi connectivity index (χ1) is 11.1. The molecule has 2 aromatic rings. The summed E-state index contributed by atoms with van der Waals surface area (Å²) in [5, 5.41) is 0.458. The average Bonchev–Trinajstić information content (AvgIpc) is 2.80. The van der Waals surface area contributed by atoms with E-state index in [2.05, 4.69) is 9.88 Å². The SMILES string of the molecule is O=C(c1cccc(F)c1)N1CCCN(c2ccnc(Cl)c2)CC1. The topological polar surface area (TPSA) is 36.4 Å². The molecule has 0 N–H and O–H groups in total. The van der Waals surface area contributed by atoms with E-state index in [1.165, 1.54) is 12.1 Å². The van der Waals surface area contributed by atoms with Crippen LogP contribution in [-0.2, 0) is 0 Å². The number of carbonyl (C=O) groups is 1. The molecule has 1 amide bonds. The zero-order valence-corrected chi connectivity index (χ0v) is 13.3. The van der Waals surface area contributed by atoms with E-state index in [0.29, 0.717) is 30.4 Å². The number of pyridine rings is 1. The van der Waals surface area contributed by atoms with E-state index in [1.54, 1.807) is 23.2 Å². The summed E-state index contributed by atoms with van der Waals surface area (Å²) >= 11 is 5.94. The molecular formula is C17H17ClFN3O. The molecule has 0 aliphatic carbocycles. The molecule has 0 atom stereocenters.